The van der Waals surface area contributed by atoms with Crippen LogP contribution in [-0.2, 0) is 4.74 Å². The molecule has 0 spiro atoms. The monoisotopic (exact) mass is 183 g/mol. The highest BCUT2D eigenvalue weighted by Crippen LogP contribution is 2.03. The third-order valence-electron chi connectivity index (χ3n) is 2.29. The van der Waals surface area contributed by atoms with Gasteiger partial charge in [-0.3, -0.25) is 0 Å². The number of hydrogen-bond donors (Lipinski definition) is 1. The van der Waals surface area contributed by atoms with Crippen LogP contribution in [0, 0.1) is 0 Å². The lowest BCUT2D eigenvalue weighted by molar-refractivity contribution is 0.149. The zero-order valence-corrected chi connectivity index (χ0v) is 8.64. The fourth-order valence-corrected chi connectivity index (χ4v) is 1.48. The standard InChI is InChI=1S/C11H21NO/c1-2-3-4-7-12-9-11-6-5-8-13-10-11/h6,12H,2-5,7-10H2,1H3. The summed E-state index contributed by atoms with van der Waals surface area (Å²) in [4.78, 5) is 0. The Bertz CT molecular complexity index is 154. The van der Waals surface area contributed by atoms with Gasteiger partial charge < -0.3 is 10.1 Å². The van der Waals surface area contributed by atoms with Gasteiger partial charge in [0.2, 0.25) is 0 Å². The Labute approximate surface area is 81.4 Å². The predicted octanol–water partition coefficient (Wildman–Crippen LogP) is 2.11. The van der Waals surface area contributed by atoms with Crippen LogP contribution in [0.3, 0.4) is 0 Å². The summed E-state index contributed by atoms with van der Waals surface area (Å²) in [5.41, 5.74) is 1.42. The van der Waals surface area contributed by atoms with Gasteiger partial charge in [0.05, 0.1) is 13.2 Å². The van der Waals surface area contributed by atoms with Gasteiger partial charge in [0, 0.05) is 6.54 Å². The quantitative estimate of drug-likeness (QED) is 0.503. The molecule has 1 heterocycles. The Morgan fingerprint density at radius 1 is 1.46 bits per heavy atom. The second-order valence-corrected chi connectivity index (χ2v) is 3.59. The molecule has 1 aliphatic rings. The van der Waals surface area contributed by atoms with Gasteiger partial charge in [0.25, 0.3) is 0 Å². The third-order valence-corrected chi connectivity index (χ3v) is 2.29. The van der Waals surface area contributed by atoms with E-state index in [4.69, 9.17) is 4.74 Å². The van der Waals surface area contributed by atoms with E-state index in [1.807, 2.05) is 0 Å². The van der Waals surface area contributed by atoms with E-state index in [0.29, 0.717) is 0 Å². The van der Waals surface area contributed by atoms with Crippen molar-refractivity contribution in [2.45, 2.75) is 32.6 Å². The van der Waals surface area contributed by atoms with Crippen LogP contribution in [0.15, 0.2) is 11.6 Å². The summed E-state index contributed by atoms with van der Waals surface area (Å²) in [5, 5.41) is 3.44. The van der Waals surface area contributed by atoms with Crippen LogP contribution < -0.4 is 5.32 Å². The smallest absolute Gasteiger partial charge is 0.0689 e. The summed E-state index contributed by atoms with van der Waals surface area (Å²) >= 11 is 0. The number of ether oxygens (including phenoxy) is 1. The maximum Gasteiger partial charge on any atom is 0.0689 e. The van der Waals surface area contributed by atoms with E-state index < -0.39 is 0 Å². The number of nitrogens with one attached hydrogen (secondary N) is 1. The second-order valence-electron chi connectivity index (χ2n) is 3.59. The highest BCUT2D eigenvalue weighted by atomic mass is 16.5. The Kier molecular flexibility index (Phi) is 5.87. The molecule has 0 amide bonds. The van der Waals surface area contributed by atoms with Crippen LogP contribution in [0.2, 0.25) is 0 Å². The number of hydrogen-bond acceptors (Lipinski definition) is 2. The van der Waals surface area contributed by atoms with E-state index in [1.165, 1.54) is 24.8 Å². The van der Waals surface area contributed by atoms with Crippen molar-refractivity contribution in [2.75, 3.05) is 26.3 Å². The van der Waals surface area contributed by atoms with E-state index in [-0.39, 0.29) is 0 Å². The minimum Gasteiger partial charge on any atom is -0.377 e. The third kappa shape index (κ3) is 5.06. The topological polar surface area (TPSA) is 21.3 Å². The van der Waals surface area contributed by atoms with E-state index >= 15 is 0 Å². The minimum absolute atomic E-state index is 0.834. The molecule has 0 aromatic carbocycles. The maximum atomic E-state index is 5.35. The van der Waals surface area contributed by atoms with Gasteiger partial charge in [0.1, 0.15) is 0 Å². The molecule has 0 atom stereocenters. The fourth-order valence-electron chi connectivity index (χ4n) is 1.48. The molecular weight excluding hydrogens is 162 g/mol. The lowest BCUT2D eigenvalue weighted by Crippen LogP contribution is -2.22. The molecule has 2 heteroatoms. The van der Waals surface area contributed by atoms with Gasteiger partial charge in [-0.25, -0.2) is 0 Å². The van der Waals surface area contributed by atoms with Crippen molar-refractivity contribution in [1.29, 1.82) is 0 Å². The molecule has 0 aromatic heterocycles. The van der Waals surface area contributed by atoms with Crippen LogP contribution in [0.1, 0.15) is 32.6 Å². The molecule has 1 aliphatic heterocycles. The first-order valence-corrected chi connectivity index (χ1v) is 5.40. The Morgan fingerprint density at radius 3 is 3.08 bits per heavy atom. The lowest BCUT2D eigenvalue weighted by Gasteiger charge is -2.14. The normalized spacial score (nSPS) is 17.2. The second kappa shape index (κ2) is 7.10. The number of unbranched alkanes of at least 4 members (excludes halogenated alkanes) is 2. The van der Waals surface area contributed by atoms with Crippen molar-refractivity contribution in [2.24, 2.45) is 0 Å². The average Bonchev–Trinajstić information content (AvgIpc) is 2.19. The average molecular weight is 183 g/mol. The van der Waals surface area contributed by atoms with E-state index in [2.05, 4.69) is 18.3 Å². The van der Waals surface area contributed by atoms with Crippen molar-refractivity contribution in [1.82, 2.24) is 5.32 Å². The minimum atomic E-state index is 0.834. The van der Waals surface area contributed by atoms with Gasteiger partial charge in [0.15, 0.2) is 0 Å². The summed E-state index contributed by atoms with van der Waals surface area (Å²) in [6.07, 6.45) is 7.32. The molecule has 0 aliphatic carbocycles. The van der Waals surface area contributed by atoms with E-state index in [0.717, 1.165) is 32.7 Å². The van der Waals surface area contributed by atoms with Gasteiger partial charge in [-0.1, -0.05) is 25.8 Å². The number of rotatable bonds is 6. The first kappa shape index (κ1) is 10.7. The van der Waals surface area contributed by atoms with Gasteiger partial charge in [-0.05, 0) is 25.0 Å². The predicted molar refractivity (Wildman–Crippen MR) is 55.9 cm³/mol. The first-order valence-electron chi connectivity index (χ1n) is 5.40. The maximum absolute atomic E-state index is 5.35. The largest absolute Gasteiger partial charge is 0.377 e. The van der Waals surface area contributed by atoms with Gasteiger partial charge in [-0.15, -0.1) is 0 Å². The highest BCUT2D eigenvalue weighted by molar-refractivity contribution is 5.06. The Hall–Kier alpha value is -0.340. The van der Waals surface area contributed by atoms with Crippen molar-refractivity contribution in [3.8, 4) is 0 Å². The van der Waals surface area contributed by atoms with Crippen molar-refractivity contribution >= 4 is 0 Å². The zero-order chi connectivity index (χ0) is 9.36. The summed E-state index contributed by atoms with van der Waals surface area (Å²) in [6.45, 7) is 6.13. The fraction of sp³-hybridized carbons (Fsp3) is 0.818. The molecule has 2 nitrogen and oxygen atoms in total. The van der Waals surface area contributed by atoms with E-state index in [1.54, 1.807) is 0 Å². The molecule has 0 bridgehead atoms. The first-order chi connectivity index (χ1) is 6.43. The van der Waals surface area contributed by atoms with Crippen molar-refractivity contribution < 1.29 is 4.74 Å². The molecule has 13 heavy (non-hydrogen) atoms. The van der Waals surface area contributed by atoms with E-state index in [9.17, 15) is 0 Å². The SMILES string of the molecule is CCCCCNCC1=CCCOC1. The molecule has 76 valence electrons. The highest BCUT2D eigenvalue weighted by Gasteiger charge is 2.01. The molecule has 0 aromatic rings. The molecule has 0 fully saturated rings. The van der Waals surface area contributed by atoms with Crippen LogP contribution in [0.25, 0.3) is 0 Å². The van der Waals surface area contributed by atoms with Gasteiger partial charge >= 0.3 is 0 Å². The molecule has 0 saturated heterocycles. The molecular formula is C11H21NO. The Morgan fingerprint density at radius 2 is 2.38 bits per heavy atom. The molecule has 1 rings (SSSR count). The van der Waals surface area contributed by atoms with Crippen molar-refractivity contribution in [3.63, 3.8) is 0 Å². The van der Waals surface area contributed by atoms with Crippen LogP contribution >= 0.6 is 0 Å². The van der Waals surface area contributed by atoms with Crippen LogP contribution in [0.4, 0.5) is 0 Å². The molecule has 0 saturated carbocycles. The summed E-state index contributed by atoms with van der Waals surface area (Å²) < 4.78 is 5.35. The van der Waals surface area contributed by atoms with Crippen molar-refractivity contribution in [3.05, 3.63) is 11.6 Å². The summed E-state index contributed by atoms with van der Waals surface area (Å²) in [6, 6.07) is 0. The molecule has 0 radical (unpaired) electrons. The Balaban J connectivity index is 1.95. The molecule has 0 unspecified atom stereocenters. The van der Waals surface area contributed by atoms with Crippen LogP contribution in [-0.4, -0.2) is 26.3 Å². The van der Waals surface area contributed by atoms with Gasteiger partial charge in [-0.2, -0.15) is 0 Å². The molecule has 1 N–H and O–H groups in total. The van der Waals surface area contributed by atoms with Crippen LogP contribution in [0.5, 0.6) is 0 Å². The summed E-state index contributed by atoms with van der Waals surface area (Å²) in [5.74, 6) is 0. The summed E-state index contributed by atoms with van der Waals surface area (Å²) in [7, 11) is 0. The zero-order valence-electron chi connectivity index (χ0n) is 8.64. The lowest BCUT2D eigenvalue weighted by atomic mass is 10.2.